The fourth-order valence-corrected chi connectivity index (χ4v) is 2.89. The zero-order valence-corrected chi connectivity index (χ0v) is 18.0. The molecule has 0 saturated heterocycles. The van der Waals surface area contributed by atoms with Crippen LogP contribution in [0.15, 0.2) is 82.4 Å². The lowest BCUT2D eigenvalue weighted by Gasteiger charge is -2.07. The fraction of sp³-hybridized carbons (Fsp3) is 0.0476. The summed E-state index contributed by atoms with van der Waals surface area (Å²) in [5.74, 6) is 0.496. The maximum Gasteiger partial charge on any atom is 0.271 e. The molecule has 0 aliphatic carbocycles. The standard InChI is InChI=1S/C21H16BrIN2O2/c22-18-8-4-15(5-9-18)14-27-20-3-1-2-16(12-20)13-24-25-21(26)17-6-10-19(23)11-7-17/h1-13H,14H2,(H,25,26)/b24-13-. The molecule has 0 radical (unpaired) electrons. The molecule has 1 N–H and O–H groups in total. The monoisotopic (exact) mass is 534 g/mol. The minimum absolute atomic E-state index is 0.245. The second kappa shape index (κ2) is 9.66. The van der Waals surface area contributed by atoms with E-state index in [1.165, 1.54) is 0 Å². The second-order valence-electron chi connectivity index (χ2n) is 5.69. The SMILES string of the molecule is O=C(N/N=C\c1cccc(OCc2ccc(Br)cc2)c1)c1ccc(I)cc1. The molecule has 0 atom stereocenters. The first-order valence-corrected chi connectivity index (χ1v) is 10.0. The van der Waals surface area contributed by atoms with Gasteiger partial charge >= 0.3 is 0 Å². The lowest BCUT2D eigenvalue weighted by molar-refractivity contribution is 0.0955. The largest absolute Gasteiger partial charge is 0.489 e. The highest BCUT2D eigenvalue weighted by molar-refractivity contribution is 14.1. The molecule has 3 rings (SSSR count). The molecule has 4 nitrogen and oxygen atoms in total. The summed E-state index contributed by atoms with van der Waals surface area (Å²) in [4.78, 5) is 12.0. The zero-order chi connectivity index (χ0) is 19.1. The van der Waals surface area contributed by atoms with Gasteiger partial charge in [-0.25, -0.2) is 5.43 Å². The molecule has 3 aromatic carbocycles. The van der Waals surface area contributed by atoms with Crippen LogP contribution < -0.4 is 10.2 Å². The molecule has 0 saturated carbocycles. The quantitative estimate of drug-likeness (QED) is 0.261. The van der Waals surface area contributed by atoms with Crippen molar-refractivity contribution < 1.29 is 9.53 Å². The summed E-state index contributed by atoms with van der Waals surface area (Å²) in [5.41, 5.74) is 5.03. The van der Waals surface area contributed by atoms with E-state index in [9.17, 15) is 4.79 Å². The topological polar surface area (TPSA) is 50.7 Å². The van der Waals surface area contributed by atoms with E-state index in [2.05, 4.69) is 49.0 Å². The van der Waals surface area contributed by atoms with Crippen molar-refractivity contribution in [3.8, 4) is 5.75 Å². The van der Waals surface area contributed by atoms with Gasteiger partial charge in [0.25, 0.3) is 5.91 Å². The number of hydrazone groups is 1. The number of rotatable bonds is 6. The summed E-state index contributed by atoms with van der Waals surface area (Å²) in [6.07, 6.45) is 1.59. The molecular formula is C21H16BrIN2O2. The first-order chi connectivity index (χ1) is 13.1. The Morgan fingerprint density at radius 3 is 2.56 bits per heavy atom. The van der Waals surface area contributed by atoms with Gasteiger partial charge in [-0.1, -0.05) is 40.2 Å². The minimum atomic E-state index is -0.245. The van der Waals surface area contributed by atoms with Gasteiger partial charge in [-0.05, 0) is 82.2 Å². The van der Waals surface area contributed by atoms with Gasteiger partial charge in [0.15, 0.2) is 0 Å². The van der Waals surface area contributed by atoms with Gasteiger partial charge < -0.3 is 4.74 Å². The predicted octanol–water partition coefficient (Wildman–Crippen LogP) is 5.40. The highest BCUT2D eigenvalue weighted by atomic mass is 127. The van der Waals surface area contributed by atoms with Crippen molar-refractivity contribution in [2.24, 2.45) is 5.10 Å². The molecule has 0 aliphatic rings. The first kappa shape index (κ1) is 19.6. The smallest absolute Gasteiger partial charge is 0.271 e. The molecule has 0 aliphatic heterocycles. The molecule has 0 heterocycles. The average Bonchev–Trinajstić information content (AvgIpc) is 2.68. The molecule has 1 amide bonds. The van der Waals surface area contributed by atoms with Crippen LogP contribution in [-0.2, 0) is 6.61 Å². The Labute approximate surface area is 179 Å². The zero-order valence-electron chi connectivity index (χ0n) is 14.2. The van der Waals surface area contributed by atoms with Crippen molar-refractivity contribution in [3.05, 3.63) is 97.5 Å². The average molecular weight is 535 g/mol. The van der Waals surface area contributed by atoms with Crippen molar-refractivity contribution >= 4 is 50.6 Å². The van der Waals surface area contributed by atoms with Gasteiger partial charge in [0.2, 0.25) is 0 Å². The van der Waals surface area contributed by atoms with Crippen LogP contribution in [0.3, 0.4) is 0 Å². The summed E-state index contributed by atoms with van der Waals surface area (Å²) in [5, 5.41) is 4.02. The normalized spacial score (nSPS) is 10.7. The number of benzene rings is 3. The third-order valence-corrected chi connectivity index (χ3v) is 4.91. The highest BCUT2D eigenvalue weighted by Crippen LogP contribution is 2.16. The van der Waals surface area contributed by atoms with E-state index in [-0.39, 0.29) is 5.91 Å². The van der Waals surface area contributed by atoms with Crippen LogP contribution in [-0.4, -0.2) is 12.1 Å². The lowest BCUT2D eigenvalue weighted by Crippen LogP contribution is -2.17. The summed E-state index contributed by atoms with van der Waals surface area (Å²) in [6.45, 7) is 0.484. The number of ether oxygens (including phenoxy) is 1. The third kappa shape index (κ3) is 6.18. The number of hydrogen-bond acceptors (Lipinski definition) is 3. The van der Waals surface area contributed by atoms with E-state index in [1.807, 2.05) is 60.7 Å². The van der Waals surface area contributed by atoms with Crippen LogP contribution >= 0.6 is 38.5 Å². The van der Waals surface area contributed by atoms with Gasteiger partial charge in [0.05, 0.1) is 6.21 Å². The van der Waals surface area contributed by atoms with Crippen LogP contribution in [0.5, 0.6) is 5.75 Å². The van der Waals surface area contributed by atoms with E-state index in [0.717, 1.165) is 24.9 Å². The Morgan fingerprint density at radius 2 is 1.81 bits per heavy atom. The Bertz CT molecular complexity index is 941. The Balaban J connectivity index is 1.56. The number of carbonyl (C=O) groups is 1. The van der Waals surface area contributed by atoms with Crippen molar-refractivity contribution in [2.75, 3.05) is 0 Å². The van der Waals surface area contributed by atoms with Crippen molar-refractivity contribution in [1.82, 2.24) is 5.43 Å². The highest BCUT2D eigenvalue weighted by Gasteiger charge is 2.03. The molecule has 27 heavy (non-hydrogen) atoms. The van der Waals surface area contributed by atoms with Crippen molar-refractivity contribution in [3.63, 3.8) is 0 Å². The van der Waals surface area contributed by atoms with Crippen LogP contribution in [0, 0.1) is 3.57 Å². The van der Waals surface area contributed by atoms with Gasteiger partial charge in [0.1, 0.15) is 12.4 Å². The molecule has 0 unspecified atom stereocenters. The number of amides is 1. The van der Waals surface area contributed by atoms with Crippen LogP contribution in [0.4, 0.5) is 0 Å². The molecule has 0 bridgehead atoms. The summed E-state index contributed by atoms with van der Waals surface area (Å²) < 4.78 is 7.93. The molecule has 136 valence electrons. The van der Waals surface area contributed by atoms with Crippen LogP contribution in [0.2, 0.25) is 0 Å². The van der Waals surface area contributed by atoms with Gasteiger partial charge in [0, 0.05) is 13.6 Å². The van der Waals surface area contributed by atoms with E-state index in [4.69, 9.17) is 4.74 Å². The number of carbonyl (C=O) groups excluding carboxylic acids is 1. The maximum absolute atomic E-state index is 12.0. The fourth-order valence-electron chi connectivity index (χ4n) is 2.26. The van der Waals surface area contributed by atoms with Crippen LogP contribution in [0.25, 0.3) is 0 Å². The molecule has 0 spiro atoms. The summed E-state index contributed by atoms with van der Waals surface area (Å²) in [6, 6.07) is 22.8. The van der Waals surface area contributed by atoms with Gasteiger partial charge in [-0.15, -0.1) is 0 Å². The van der Waals surface area contributed by atoms with Gasteiger partial charge in [-0.3, -0.25) is 4.79 Å². The lowest BCUT2D eigenvalue weighted by atomic mass is 10.2. The molecule has 0 fully saturated rings. The number of nitrogens with one attached hydrogen (secondary N) is 1. The van der Waals surface area contributed by atoms with Crippen LogP contribution in [0.1, 0.15) is 21.5 Å². The number of hydrogen-bond donors (Lipinski definition) is 1. The Hall–Kier alpha value is -2.19. The van der Waals surface area contributed by atoms with Gasteiger partial charge in [-0.2, -0.15) is 5.10 Å². The van der Waals surface area contributed by atoms with E-state index in [1.54, 1.807) is 18.3 Å². The minimum Gasteiger partial charge on any atom is -0.489 e. The summed E-state index contributed by atoms with van der Waals surface area (Å²) >= 11 is 5.61. The van der Waals surface area contributed by atoms with E-state index < -0.39 is 0 Å². The molecule has 6 heteroatoms. The third-order valence-electron chi connectivity index (χ3n) is 3.66. The second-order valence-corrected chi connectivity index (χ2v) is 7.85. The first-order valence-electron chi connectivity index (χ1n) is 8.16. The van der Waals surface area contributed by atoms with E-state index in [0.29, 0.717) is 12.2 Å². The maximum atomic E-state index is 12.0. The summed E-state index contributed by atoms with van der Waals surface area (Å²) in [7, 11) is 0. The molecule has 3 aromatic rings. The van der Waals surface area contributed by atoms with Crippen molar-refractivity contribution in [1.29, 1.82) is 0 Å². The number of nitrogens with zero attached hydrogens (tertiary/aromatic N) is 1. The molecular weight excluding hydrogens is 519 g/mol. The Morgan fingerprint density at radius 1 is 1.07 bits per heavy atom. The molecule has 0 aromatic heterocycles. The van der Waals surface area contributed by atoms with Crippen molar-refractivity contribution in [2.45, 2.75) is 6.61 Å². The Kier molecular flexibility index (Phi) is 7.00. The predicted molar refractivity (Wildman–Crippen MR) is 119 cm³/mol. The number of halogens is 2. The van der Waals surface area contributed by atoms with E-state index >= 15 is 0 Å².